The van der Waals surface area contributed by atoms with Gasteiger partial charge in [-0.25, -0.2) is 10.2 Å². The third-order valence-electron chi connectivity index (χ3n) is 2.65. The third-order valence-corrected chi connectivity index (χ3v) is 2.65. The smallest absolute Gasteiger partial charge is 0.319 e. The van der Waals surface area contributed by atoms with Crippen molar-refractivity contribution in [1.29, 1.82) is 0 Å². The molecule has 0 radical (unpaired) electrons. The predicted octanol–water partition coefficient (Wildman–Crippen LogP) is -0.408. The Balaban J connectivity index is 2.03. The molecule has 1 atom stereocenters. The van der Waals surface area contributed by atoms with E-state index >= 15 is 0 Å². The van der Waals surface area contributed by atoms with Gasteiger partial charge in [0.2, 0.25) is 0 Å². The maximum absolute atomic E-state index is 11.7. The summed E-state index contributed by atoms with van der Waals surface area (Å²) in [6.45, 7) is 2.42. The summed E-state index contributed by atoms with van der Waals surface area (Å²) in [5.41, 5.74) is 7.42. The Bertz CT molecular complexity index is 274. The molecular weight excluding hydrogens is 180 g/mol. The SMILES string of the molecule is CN(C)C(=O)N1CC=C2NNCC2C1. The first-order valence-electron chi connectivity index (χ1n) is 4.83. The largest absolute Gasteiger partial charge is 0.331 e. The fraction of sp³-hybridized carbons (Fsp3) is 0.667. The summed E-state index contributed by atoms with van der Waals surface area (Å²) in [4.78, 5) is 15.2. The van der Waals surface area contributed by atoms with Crippen molar-refractivity contribution >= 4 is 6.03 Å². The average molecular weight is 196 g/mol. The Morgan fingerprint density at radius 3 is 3.14 bits per heavy atom. The van der Waals surface area contributed by atoms with Gasteiger partial charge in [-0.1, -0.05) is 0 Å². The molecule has 1 saturated heterocycles. The maximum Gasteiger partial charge on any atom is 0.319 e. The number of amides is 2. The highest BCUT2D eigenvalue weighted by molar-refractivity contribution is 5.74. The van der Waals surface area contributed by atoms with Crippen molar-refractivity contribution < 1.29 is 4.79 Å². The van der Waals surface area contributed by atoms with E-state index in [-0.39, 0.29) is 6.03 Å². The van der Waals surface area contributed by atoms with Crippen LogP contribution in [0.2, 0.25) is 0 Å². The van der Waals surface area contributed by atoms with E-state index in [4.69, 9.17) is 0 Å². The summed E-state index contributed by atoms with van der Waals surface area (Å²) >= 11 is 0. The highest BCUT2D eigenvalue weighted by atomic mass is 16.2. The minimum atomic E-state index is 0.0900. The van der Waals surface area contributed by atoms with E-state index < -0.39 is 0 Å². The molecule has 2 aliphatic rings. The fourth-order valence-corrected chi connectivity index (χ4v) is 1.86. The van der Waals surface area contributed by atoms with Gasteiger partial charge < -0.3 is 15.2 Å². The van der Waals surface area contributed by atoms with Crippen molar-refractivity contribution in [2.75, 3.05) is 33.7 Å². The van der Waals surface area contributed by atoms with Crippen molar-refractivity contribution in [3.63, 3.8) is 0 Å². The quantitative estimate of drug-likeness (QED) is 0.554. The molecule has 0 aromatic rings. The van der Waals surface area contributed by atoms with E-state index in [1.165, 1.54) is 5.70 Å². The molecule has 2 heterocycles. The van der Waals surface area contributed by atoms with E-state index in [0.717, 1.165) is 13.1 Å². The summed E-state index contributed by atoms with van der Waals surface area (Å²) in [6, 6.07) is 0.0900. The van der Waals surface area contributed by atoms with Crippen molar-refractivity contribution in [3.8, 4) is 0 Å². The summed E-state index contributed by atoms with van der Waals surface area (Å²) in [5, 5.41) is 0. The lowest BCUT2D eigenvalue weighted by molar-refractivity contribution is 0.168. The molecule has 0 spiro atoms. The van der Waals surface area contributed by atoms with Gasteiger partial charge in [-0.05, 0) is 6.08 Å². The van der Waals surface area contributed by atoms with Crippen molar-refractivity contribution in [2.24, 2.45) is 5.92 Å². The fourth-order valence-electron chi connectivity index (χ4n) is 1.86. The van der Waals surface area contributed by atoms with Gasteiger partial charge in [-0.15, -0.1) is 0 Å². The predicted molar refractivity (Wildman–Crippen MR) is 53.4 cm³/mol. The normalized spacial score (nSPS) is 25.1. The lowest BCUT2D eigenvalue weighted by atomic mass is 10.0. The molecule has 0 aromatic carbocycles. The monoisotopic (exact) mass is 196 g/mol. The zero-order valence-corrected chi connectivity index (χ0v) is 8.58. The van der Waals surface area contributed by atoms with Crippen molar-refractivity contribution in [3.05, 3.63) is 11.8 Å². The van der Waals surface area contributed by atoms with Crippen LogP contribution in [0, 0.1) is 5.92 Å². The standard InChI is InChI=1S/C9H16N4O/c1-12(2)9(14)13-4-3-8-7(6-13)5-10-11-8/h3,7,10-11H,4-6H2,1-2H3. The van der Waals surface area contributed by atoms with Crippen LogP contribution in [0.4, 0.5) is 4.79 Å². The Hall–Kier alpha value is -1.23. The van der Waals surface area contributed by atoms with Crippen LogP contribution >= 0.6 is 0 Å². The van der Waals surface area contributed by atoms with E-state index in [2.05, 4.69) is 16.9 Å². The van der Waals surface area contributed by atoms with Gasteiger partial charge in [0.15, 0.2) is 0 Å². The molecule has 2 amide bonds. The molecule has 14 heavy (non-hydrogen) atoms. The third kappa shape index (κ3) is 1.55. The lowest BCUT2D eigenvalue weighted by Gasteiger charge is -2.30. The summed E-state index contributed by atoms with van der Waals surface area (Å²) in [6.07, 6.45) is 2.08. The lowest BCUT2D eigenvalue weighted by Crippen LogP contribution is -2.44. The van der Waals surface area contributed by atoms with Crippen LogP contribution < -0.4 is 10.9 Å². The highest BCUT2D eigenvalue weighted by Crippen LogP contribution is 2.18. The van der Waals surface area contributed by atoms with E-state index in [1.807, 2.05) is 4.90 Å². The van der Waals surface area contributed by atoms with Gasteiger partial charge in [-0.2, -0.15) is 0 Å². The molecular formula is C9H16N4O. The van der Waals surface area contributed by atoms with Crippen LogP contribution in [0.25, 0.3) is 0 Å². The molecule has 2 rings (SSSR count). The van der Waals surface area contributed by atoms with Crippen LogP contribution in [0.5, 0.6) is 0 Å². The number of nitrogens with zero attached hydrogens (tertiary/aromatic N) is 2. The highest BCUT2D eigenvalue weighted by Gasteiger charge is 2.29. The zero-order chi connectivity index (χ0) is 10.1. The zero-order valence-electron chi connectivity index (χ0n) is 8.58. The summed E-state index contributed by atoms with van der Waals surface area (Å²) in [5.74, 6) is 0.438. The minimum Gasteiger partial charge on any atom is -0.331 e. The summed E-state index contributed by atoms with van der Waals surface area (Å²) in [7, 11) is 3.57. The number of hydrogen-bond donors (Lipinski definition) is 2. The van der Waals surface area contributed by atoms with Gasteiger partial charge in [-0.3, -0.25) is 0 Å². The van der Waals surface area contributed by atoms with Crippen molar-refractivity contribution in [1.82, 2.24) is 20.7 Å². The molecule has 1 fully saturated rings. The Labute approximate surface area is 83.7 Å². The molecule has 0 saturated carbocycles. The second kappa shape index (κ2) is 3.49. The number of rotatable bonds is 0. The second-order valence-electron chi connectivity index (χ2n) is 3.94. The number of hydrazine groups is 1. The van der Waals surface area contributed by atoms with Crippen LogP contribution in [-0.2, 0) is 0 Å². The molecule has 0 bridgehead atoms. The van der Waals surface area contributed by atoms with Gasteiger partial charge in [0.05, 0.1) is 0 Å². The Kier molecular flexibility index (Phi) is 2.33. The van der Waals surface area contributed by atoms with Gasteiger partial charge in [0.1, 0.15) is 0 Å². The van der Waals surface area contributed by atoms with Crippen LogP contribution in [0.15, 0.2) is 11.8 Å². The van der Waals surface area contributed by atoms with E-state index in [1.54, 1.807) is 19.0 Å². The molecule has 2 N–H and O–H groups in total. The van der Waals surface area contributed by atoms with Gasteiger partial charge in [0, 0.05) is 45.3 Å². The maximum atomic E-state index is 11.7. The van der Waals surface area contributed by atoms with Gasteiger partial charge in [0.25, 0.3) is 0 Å². The first-order valence-corrected chi connectivity index (χ1v) is 4.83. The van der Waals surface area contributed by atoms with E-state index in [9.17, 15) is 4.79 Å². The molecule has 2 aliphatic heterocycles. The Morgan fingerprint density at radius 1 is 1.64 bits per heavy atom. The molecule has 1 unspecified atom stereocenters. The number of nitrogens with one attached hydrogen (secondary N) is 2. The van der Waals surface area contributed by atoms with Crippen LogP contribution in [-0.4, -0.2) is 49.6 Å². The second-order valence-corrected chi connectivity index (χ2v) is 3.94. The number of urea groups is 1. The number of carbonyl (C=O) groups is 1. The van der Waals surface area contributed by atoms with Crippen LogP contribution in [0.3, 0.4) is 0 Å². The van der Waals surface area contributed by atoms with Crippen molar-refractivity contribution in [2.45, 2.75) is 0 Å². The molecule has 0 aliphatic carbocycles. The first-order chi connectivity index (χ1) is 6.68. The number of fused-ring (bicyclic) bond motifs is 1. The molecule has 5 heteroatoms. The first kappa shape index (κ1) is 9.33. The summed E-state index contributed by atoms with van der Waals surface area (Å²) < 4.78 is 0. The average Bonchev–Trinajstić information content (AvgIpc) is 2.62. The van der Waals surface area contributed by atoms with Crippen LogP contribution in [0.1, 0.15) is 0 Å². The number of hydrogen-bond acceptors (Lipinski definition) is 3. The molecule has 5 nitrogen and oxygen atoms in total. The molecule has 78 valence electrons. The minimum absolute atomic E-state index is 0.0900. The topological polar surface area (TPSA) is 47.6 Å². The number of carbonyl (C=O) groups excluding carboxylic acids is 1. The Morgan fingerprint density at radius 2 is 2.43 bits per heavy atom. The van der Waals surface area contributed by atoms with E-state index in [0.29, 0.717) is 12.5 Å². The van der Waals surface area contributed by atoms with Gasteiger partial charge >= 0.3 is 6.03 Å². The molecule has 0 aromatic heterocycles.